The van der Waals surface area contributed by atoms with Gasteiger partial charge in [0.2, 0.25) is 11.8 Å². The number of carbonyl (C=O) groups is 1. The van der Waals surface area contributed by atoms with Crippen LogP contribution < -0.4 is 10.1 Å². The molecule has 0 radical (unpaired) electrons. The SMILES string of the molecule is COc1ncnc2c1NC(=O)CC(C)S2. The zero-order valence-corrected chi connectivity index (χ0v) is 9.30. The molecule has 1 aliphatic heterocycles. The predicted molar refractivity (Wildman–Crippen MR) is 57.1 cm³/mol. The van der Waals surface area contributed by atoms with E-state index in [1.807, 2.05) is 6.92 Å². The Labute approximate surface area is 91.6 Å². The third kappa shape index (κ3) is 2.04. The van der Waals surface area contributed by atoms with Crippen molar-refractivity contribution in [3.63, 3.8) is 0 Å². The standard InChI is InChI=1S/C9H11N3O2S/c1-5-3-6(13)12-7-8(14-2)10-4-11-9(7)15-5/h4-5H,3H2,1-2H3,(H,12,13). The Morgan fingerprint density at radius 2 is 2.40 bits per heavy atom. The second kappa shape index (κ2) is 4.06. The zero-order valence-electron chi connectivity index (χ0n) is 8.48. The third-order valence-electron chi connectivity index (χ3n) is 2.02. The van der Waals surface area contributed by atoms with Gasteiger partial charge in [0, 0.05) is 11.7 Å². The van der Waals surface area contributed by atoms with E-state index in [4.69, 9.17) is 4.74 Å². The monoisotopic (exact) mass is 225 g/mol. The molecule has 80 valence electrons. The minimum atomic E-state index is -0.0261. The molecule has 0 saturated heterocycles. The number of carbonyl (C=O) groups excluding carboxylic acids is 1. The van der Waals surface area contributed by atoms with Crippen LogP contribution in [0.15, 0.2) is 11.4 Å². The van der Waals surface area contributed by atoms with Crippen molar-refractivity contribution in [2.24, 2.45) is 0 Å². The van der Waals surface area contributed by atoms with E-state index in [0.29, 0.717) is 18.0 Å². The average molecular weight is 225 g/mol. The number of fused-ring (bicyclic) bond motifs is 1. The van der Waals surface area contributed by atoms with E-state index in [9.17, 15) is 4.79 Å². The molecule has 2 heterocycles. The molecule has 15 heavy (non-hydrogen) atoms. The Balaban J connectivity index is 2.45. The lowest BCUT2D eigenvalue weighted by atomic mass is 10.3. The number of anilines is 1. The molecule has 0 spiro atoms. The van der Waals surface area contributed by atoms with Crippen LogP contribution >= 0.6 is 11.8 Å². The van der Waals surface area contributed by atoms with Gasteiger partial charge < -0.3 is 10.1 Å². The fraction of sp³-hybridized carbons (Fsp3) is 0.444. The molecular weight excluding hydrogens is 214 g/mol. The smallest absolute Gasteiger partial charge is 0.241 e. The molecule has 1 aliphatic rings. The zero-order chi connectivity index (χ0) is 10.8. The first kappa shape index (κ1) is 10.2. The van der Waals surface area contributed by atoms with Crippen molar-refractivity contribution in [2.45, 2.75) is 23.6 Å². The molecule has 0 aromatic carbocycles. The number of nitrogens with zero attached hydrogens (tertiary/aromatic N) is 2. The van der Waals surface area contributed by atoms with Crippen molar-refractivity contribution in [3.8, 4) is 5.88 Å². The maximum Gasteiger partial charge on any atom is 0.241 e. The van der Waals surface area contributed by atoms with E-state index < -0.39 is 0 Å². The van der Waals surface area contributed by atoms with Crippen LogP contribution in [0.1, 0.15) is 13.3 Å². The molecule has 1 amide bonds. The predicted octanol–water partition coefficient (Wildman–Crippen LogP) is 1.31. The number of hydrogen-bond acceptors (Lipinski definition) is 5. The van der Waals surface area contributed by atoms with Gasteiger partial charge in [0.05, 0.1) is 7.11 Å². The first-order valence-electron chi connectivity index (χ1n) is 4.56. The van der Waals surface area contributed by atoms with Gasteiger partial charge in [-0.15, -0.1) is 11.8 Å². The summed E-state index contributed by atoms with van der Waals surface area (Å²) in [6.45, 7) is 1.99. The molecule has 1 aromatic rings. The number of methoxy groups -OCH3 is 1. The summed E-state index contributed by atoms with van der Waals surface area (Å²) >= 11 is 1.55. The first-order valence-corrected chi connectivity index (χ1v) is 5.44. The van der Waals surface area contributed by atoms with E-state index in [1.54, 1.807) is 11.8 Å². The molecule has 5 nitrogen and oxygen atoms in total. The van der Waals surface area contributed by atoms with E-state index >= 15 is 0 Å². The highest BCUT2D eigenvalue weighted by Crippen LogP contribution is 2.37. The van der Waals surface area contributed by atoms with Gasteiger partial charge >= 0.3 is 0 Å². The van der Waals surface area contributed by atoms with Crippen LogP contribution in [0.25, 0.3) is 0 Å². The van der Waals surface area contributed by atoms with Gasteiger partial charge in [-0.2, -0.15) is 4.98 Å². The Bertz CT molecular complexity index is 397. The number of rotatable bonds is 1. The first-order chi connectivity index (χ1) is 7.20. The lowest BCUT2D eigenvalue weighted by molar-refractivity contribution is -0.116. The topological polar surface area (TPSA) is 64.1 Å². The number of ether oxygens (including phenoxy) is 1. The highest BCUT2D eigenvalue weighted by atomic mass is 32.2. The van der Waals surface area contributed by atoms with Gasteiger partial charge in [-0.1, -0.05) is 6.92 Å². The summed E-state index contributed by atoms with van der Waals surface area (Å²) < 4.78 is 5.07. The molecular formula is C9H11N3O2S. The summed E-state index contributed by atoms with van der Waals surface area (Å²) in [6.07, 6.45) is 1.92. The minimum Gasteiger partial charge on any atom is -0.479 e. The van der Waals surface area contributed by atoms with Crippen LogP contribution in [0.2, 0.25) is 0 Å². The Kier molecular flexibility index (Phi) is 2.77. The van der Waals surface area contributed by atoms with Crippen molar-refractivity contribution >= 4 is 23.4 Å². The maximum absolute atomic E-state index is 11.5. The van der Waals surface area contributed by atoms with Crippen LogP contribution in [0.4, 0.5) is 5.69 Å². The summed E-state index contributed by atoms with van der Waals surface area (Å²) in [5.41, 5.74) is 0.583. The molecule has 6 heteroatoms. The second-order valence-corrected chi connectivity index (χ2v) is 4.67. The van der Waals surface area contributed by atoms with Crippen molar-refractivity contribution in [1.29, 1.82) is 0 Å². The Morgan fingerprint density at radius 3 is 3.13 bits per heavy atom. The van der Waals surface area contributed by atoms with Gasteiger partial charge in [-0.25, -0.2) is 4.98 Å². The summed E-state index contributed by atoms with van der Waals surface area (Å²) in [7, 11) is 1.52. The lowest BCUT2D eigenvalue weighted by Crippen LogP contribution is -2.14. The summed E-state index contributed by atoms with van der Waals surface area (Å²) in [6, 6.07) is 0. The summed E-state index contributed by atoms with van der Waals surface area (Å²) in [5, 5.41) is 3.74. The van der Waals surface area contributed by atoms with Gasteiger partial charge in [-0.05, 0) is 0 Å². The number of aromatic nitrogens is 2. The lowest BCUT2D eigenvalue weighted by Gasteiger charge is -2.08. The summed E-state index contributed by atoms with van der Waals surface area (Å²) in [5.74, 6) is 0.386. The van der Waals surface area contributed by atoms with Crippen LogP contribution in [0, 0.1) is 0 Å². The Hall–Kier alpha value is -1.30. The quantitative estimate of drug-likeness (QED) is 0.730. The average Bonchev–Trinajstić information content (AvgIpc) is 2.33. The number of amides is 1. The van der Waals surface area contributed by atoms with E-state index in [0.717, 1.165) is 5.03 Å². The second-order valence-electron chi connectivity index (χ2n) is 3.24. The van der Waals surface area contributed by atoms with Crippen molar-refractivity contribution < 1.29 is 9.53 Å². The molecule has 0 bridgehead atoms. The number of hydrogen-bond donors (Lipinski definition) is 1. The van der Waals surface area contributed by atoms with Gasteiger partial charge in [-0.3, -0.25) is 4.79 Å². The van der Waals surface area contributed by atoms with Crippen LogP contribution in [0.3, 0.4) is 0 Å². The molecule has 1 atom stereocenters. The number of nitrogens with one attached hydrogen (secondary N) is 1. The molecule has 2 rings (SSSR count). The molecule has 1 N–H and O–H groups in total. The highest BCUT2D eigenvalue weighted by molar-refractivity contribution is 8.00. The fourth-order valence-corrected chi connectivity index (χ4v) is 2.37. The minimum absolute atomic E-state index is 0.0261. The highest BCUT2D eigenvalue weighted by Gasteiger charge is 2.23. The van der Waals surface area contributed by atoms with Gasteiger partial charge in [0.15, 0.2) is 0 Å². The van der Waals surface area contributed by atoms with E-state index in [-0.39, 0.29) is 11.2 Å². The van der Waals surface area contributed by atoms with Crippen LogP contribution in [0.5, 0.6) is 5.88 Å². The van der Waals surface area contributed by atoms with Gasteiger partial charge in [0.1, 0.15) is 17.0 Å². The van der Waals surface area contributed by atoms with E-state index in [1.165, 1.54) is 13.4 Å². The van der Waals surface area contributed by atoms with Crippen LogP contribution in [-0.4, -0.2) is 28.2 Å². The van der Waals surface area contributed by atoms with Crippen LogP contribution in [-0.2, 0) is 4.79 Å². The van der Waals surface area contributed by atoms with Gasteiger partial charge in [0.25, 0.3) is 0 Å². The number of thioether (sulfide) groups is 1. The molecule has 0 fully saturated rings. The molecule has 0 aliphatic carbocycles. The molecule has 1 aromatic heterocycles. The fourth-order valence-electron chi connectivity index (χ4n) is 1.39. The van der Waals surface area contributed by atoms with Crippen molar-refractivity contribution in [3.05, 3.63) is 6.33 Å². The third-order valence-corrected chi connectivity index (χ3v) is 3.12. The van der Waals surface area contributed by atoms with Crippen molar-refractivity contribution in [1.82, 2.24) is 9.97 Å². The normalized spacial score (nSPS) is 20.1. The Morgan fingerprint density at radius 1 is 1.60 bits per heavy atom. The maximum atomic E-state index is 11.5. The molecule has 0 saturated carbocycles. The molecule has 1 unspecified atom stereocenters. The summed E-state index contributed by atoms with van der Waals surface area (Å²) in [4.78, 5) is 19.6. The van der Waals surface area contributed by atoms with E-state index in [2.05, 4.69) is 15.3 Å². The van der Waals surface area contributed by atoms with Crippen molar-refractivity contribution in [2.75, 3.05) is 12.4 Å². The largest absolute Gasteiger partial charge is 0.479 e.